The Bertz CT molecular complexity index is 929. The molecular weight excluding hydrogens is 346 g/mol. The first-order valence-corrected chi connectivity index (χ1v) is 9.52. The summed E-state index contributed by atoms with van der Waals surface area (Å²) < 4.78 is 11.9. The van der Waals surface area contributed by atoms with Crippen LogP contribution in [0, 0.1) is 0 Å². The molecule has 0 fully saturated rings. The van der Waals surface area contributed by atoms with E-state index in [9.17, 15) is 0 Å². The van der Waals surface area contributed by atoms with E-state index in [1.807, 2.05) is 61.5 Å². The van der Waals surface area contributed by atoms with Crippen molar-refractivity contribution in [1.82, 2.24) is 0 Å². The second kappa shape index (κ2) is 9.14. The van der Waals surface area contributed by atoms with Crippen molar-refractivity contribution in [2.45, 2.75) is 33.3 Å². The Morgan fingerprint density at radius 2 is 1.61 bits per heavy atom. The molecule has 3 aromatic rings. The number of rotatable bonds is 8. The molecule has 3 rings (SSSR count). The molecule has 3 heteroatoms. The van der Waals surface area contributed by atoms with E-state index in [0.29, 0.717) is 12.5 Å². The topological polar surface area (TPSA) is 30.5 Å². The van der Waals surface area contributed by atoms with E-state index in [0.717, 1.165) is 34.2 Å². The molecule has 0 spiro atoms. The van der Waals surface area contributed by atoms with Crippen LogP contribution in [0.25, 0.3) is 0 Å². The summed E-state index contributed by atoms with van der Waals surface area (Å²) in [6.45, 7) is 10.7. The molecule has 0 heterocycles. The summed E-state index contributed by atoms with van der Waals surface area (Å²) >= 11 is 0. The van der Waals surface area contributed by atoms with Crippen LogP contribution in [0.4, 0.5) is 5.69 Å². The Balaban J connectivity index is 1.62. The van der Waals surface area contributed by atoms with Crippen LogP contribution >= 0.6 is 0 Å². The Hall–Kier alpha value is -3.20. The third-order valence-corrected chi connectivity index (χ3v) is 4.28. The maximum Gasteiger partial charge on any atom is 0.131 e. The molecule has 0 aliphatic carbocycles. The number of benzene rings is 3. The van der Waals surface area contributed by atoms with E-state index in [2.05, 4.69) is 43.9 Å². The van der Waals surface area contributed by atoms with Crippen LogP contribution < -0.4 is 14.8 Å². The van der Waals surface area contributed by atoms with Gasteiger partial charge in [0.05, 0.1) is 0 Å². The molecule has 0 unspecified atom stereocenters. The van der Waals surface area contributed by atoms with Gasteiger partial charge in [0, 0.05) is 17.5 Å². The molecule has 0 radical (unpaired) electrons. The molecular formula is C25H27NO2. The quantitative estimate of drug-likeness (QED) is 0.456. The van der Waals surface area contributed by atoms with Crippen molar-refractivity contribution in [3.05, 3.63) is 96.2 Å². The van der Waals surface area contributed by atoms with Crippen molar-refractivity contribution < 1.29 is 9.47 Å². The average molecular weight is 373 g/mol. The first-order chi connectivity index (χ1) is 13.5. The first kappa shape index (κ1) is 19.6. The SMILES string of the molecule is C=C(C)Nc1cccc(COc2cccc(Oc3ccc(C(C)C)cc3)c2)c1. The van der Waals surface area contributed by atoms with E-state index < -0.39 is 0 Å². The van der Waals surface area contributed by atoms with Crippen LogP contribution in [-0.4, -0.2) is 0 Å². The summed E-state index contributed by atoms with van der Waals surface area (Å²) in [4.78, 5) is 0. The summed E-state index contributed by atoms with van der Waals surface area (Å²) in [7, 11) is 0. The van der Waals surface area contributed by atoms with Crippen molar-refractivity contribution in [3.8, 4) is 17.2 Å². The van der Waals surface area contributed by atoms with Gasteiger partial charge in [0.2, 0.25) is 0 Å². The molecule has 0 amide bonds. The molecule has 144 valence electrons. The third kappa shape index (κ3) is 5.65. The molecule has 3 nitrogen and oxygen atoms in total. The zero-order valence-corrected chi connectivity index (χ0v) is 16.7. The van der Waals surface area contributed by atoms with E-state index in [4.69, 9.17) is 9.47 Å². The minimum absolute atomic E-state index is 0.484. The van der Waals surface area contributed by atoms with Gasteiger partial charge in [-0.3, -0.25) is 0 Å². The lowest BCUT2D eigenvalue weighted by Gasteiger charge is -2.11. The van der Waals surface area contributed by atoms with Crippen LogP contribution in [0.5, 0.6) is 17.2 Å². The fourth-order valence-electron chi connectivity index (χ4n) is 2.84. The first-order valence-electron chi connectivity index (χ1n) is 9.52. The van der Waals surface area contributed by atoms with Crippen LogP contribution in [0.1, 0.15) is 37.8 Å². The largest absolute Gasteiger partial charge is 0.489 e. The molecule has 0 aromatic heterocycles. The van der Waals surface area contributed by atoms with Crippen molar-refractivity contribution in [2.75, 3.05) is 5.32 Å². The van der Waals surface area contributed by atoms with Crippen LogP contribution in [-0.2, 0) is 6.61 Å². The summed E-state index contributed by atoms with van der Waals surface area (Å²) in [6.07, 6.45) is 0. The van der Waals surface area contributed by atoms with Crippen LogP contribution in [0.2, 0.25) is 0 Å². The zero-order valence-electron chi connectivity index (χ0n) is 16.7. The van der Waals surface area contributed by atoms with E-state index in [1.165, 1.54) is 5.56 Å². The normalized spacial score (nSPS) is 10.6. The van der Waals surface area contributed by atoms with Crippen LogP contribution in [0.15, 0.2) is 85.1 Å². The highest BCUT2D eigenvalue weighted by atomic mass is 16.5. The van der Waals surface area contributed by atoms with Crippen molar-refractivity contribution in [3.63, 3.8) is 0 Å². The van der Waals surface area contributed by atoms with Gasteiger partial charge >= 0.3 is 0 Å². The van der Waals surface area contributed by atoms with Crippen LogP contribution in [0.3, 0.4) is 0 Å². The Labute approximate surface area is 167 Å². The molecule has 3 aromatic carbocycles. The highest BCUT2D eigenvalue weighted by Gasteiger charge is 2.03. The molecule has 0 saturated carbocycles. The van der Waals surface area contributed by atoms with E-state index >= 15 is 0 Å². The predicted octanol–water partition coefficient (Wildman–Crippen LogP) is 7.13. The Morgan fingerprint density at radius 3 is 2.32 bits per heavy atom. The zero-order chi connectivity index (χ0) is 19.9. The second-order valence-corrected chi connectivity index (χ2v) is 7.20. The monoisotopic (exact) mass is 373 g/mol. The fraction of sp³-hybridized carbons (Fsp3) is 0.200. The number of anilines is 1. The maximum atomic E-state index is 5.97. The number of allylic oxidation sites excluding steroid dienone is 1. The fourth-order valence-corrected chi connectivity index (χ4v) is 2.84. The smallest absolute Gasteiger partial charge is 0.131 e. The minimum atomic E-state index is 0.484. The highest BCUT2D eigenvalue weighted by molar-refractivity contribution is 5.49. The Kier molecular flexibility index (Phi) is 6.38. The molecule has 0 bridgehead atoms. The standard InChI is InChI=1S/C25H27NO2/c1-18(2)21-11-13-23(14-12-21)28-25-10-6-9-24(16-25)27-17-20-7-5-8-22(15-20)26-19(3)4/h5-16,18,26H,3,17H2,1-2,4H3. The van der Waals surface area contributed by atoms with Crippen molar-refractivity contribution in [2.24, 2.45) is 0 Å². The summed E-state index contributed by atoms with van der Waals surface area (Å²) in [5, 5.41) is 3.22. The lowest BCUT2D eigenvalue weighted by Crippen LogP contribution is -1.98. The predicted molar refractivity (Wildman–Crippen MR) is 116 cm³/mol. The highest BCUT2D eigenvalue weighted by Crippen LogP contribution is 2.27. The van der Waals surface area contributed by atoms with Gasteiger partial charge in [-0.2, -0.15) is 0 Å². The van der Waals surface area contributed by atoms with Gasteiger partial charge in [0.25, 0.3) is 0 Å². The molecule has 0 atom stereocenters. The number of ether oxygens (including phenoxy) is 2. The second-order valence-electron chi connectivity index (χ2n) is 7.20. The number of nitrogens with one attached hydrogen (secondary N) is 1. The third-order valence-electron chi connectivity index (χ3n) is 4.28. The number of hydrogen-bond donors (Lipinski definition) is 1. The summed E-state index contributed by atoms with van der Waals surface area (Å²) in [5.74, 6) is 2.86. The average Bonchev–Trinajstić information content (AvgIpc) is 2.67. The van der Waals surface area contributed by atoms with Crippen molar-refractivity contribution >= 4 is 5.69 Å². The molecule has 28 heavy (non-hydrogen) atoms. The molecule has 1 N–H and O–H groups in total. The molecule has 0 aliphatic rings. The van der Waals surface area contributed by atoms with Gasteiger partial charge in [-0.15, -0.1) is 0 Å². The maximum absolute atomic E-state index is 5.97. The lowest BCUT2D eigenvalue weighted by molar-refractivity contribution is 0.305. The Morgan fingerprint density at radius 1 is 0.893 bits per heavy atom. The van der Waals surface area contributed by atoms with E-state index in [1.54, 1.807) is 0 Å². The van der Waals surface area contributed by atoms with Gasteiger partial charge in [0.15, 0.2) is 0 Å². The summed E-state index contributed by atoms with van der Waals surface area (Å²) in [5.41, 5.74) is 4.30. The minimum Gasteiger partial charge on any atom is -0.489 e. The van der Waals surface area contributed by atoms with E-state index in [-0.39, 0.29) is 0 Å². The number of hydrogen-bond acceptors (Lipinski definition) is 3. The van der Waals surface area contributed by atoms with Gasteiger partial charge < -0.3 is 14.8 Å². The summed E-state index contributed by atoms with van der Waals surface area (Å²) in [6, 6.07) is 24.0. The van der Waals surface area contributed by atoms with Gasteiger partial charge in [-0.25, -0.2) is 0 Å². The molecule has 0 saturated heterocycles. The lowest BCUT2D eigenvalue weighted by atomic mass is 10.0. The molecule has 0 aliphatic heterocycles. The van der Waals surface area contributed by atoms with Gasteiger partial charge in [-0.1, -0.05) is 50.8 Å². The van der Waals surface area contributed by atoms with Crippen molar-refractivity contribution in [1.29, 1.82) is 0 Å². The van der Waals surface area contributed by atoms with Gasteiger partial charge in [0.1, 0.15) is 23.9 Å². The van der Waals surface area contributed by atoms with Gasteiger partial charge in [-0.05, 0) is 60.4 Å².